The third kappa shape index (κ3) is 4.20. The van der Waals surface area contributed by atoms with Crippen molar-refractivity contribution >= 4 is 17.2 Å². The van der Waals surface area contributed by atoms with Gasteiger partial charge in [0.1, 0.15) is 5.84 Å². The van der Waals surface area contributed by atoms with Crippen LogP contribution in [0.4, 0.5) is 0 Å². The molecule has 0 aliphatic rings. The highest BCUT2D eigenvalue weighted by Crippen LogP contribution is 2.11. The molecule has 0 aliphatic heterocycles. The summed E-state index contributed by atoms with van der Waals surface area (Å²) in [6, 6.07) is 4.59. The fourth-order valence-electron chi connectivity index (χ4n) is 1.38. The topological polar surface area (TPSA) is 70.6 Å². The Labute approximate surface area is 100 Å². The lowest BCUT2D eigenvalue weighted by Crippen LogP contribution is -2.36. The summed E-state index contributed by atoms with van der Waals surface area (Å²) in [5.41, 5.74) is 5.50. The number of hydrogen-bond donors (Lipinski definition) is 3. The van der Waals surface area contributed by atoms with E-state index < -0.39 is 0 Å². The minimum atomic E-state index is 0.0517. The Morgan fingerprint density at radius 2 is 2.38 bits per heavy atom. The molecule has 0 radical (unpaired) electrons. The zero-order valence-corrected chi connectivity index (χ0v) is 10.5. The molecule has 2 unspecified atom stereocenters. The van der Waals surface area contributed by atoms with Gasteiger partial charge >= 0.3 is 0 Å². The Bertz CT molecular complexity index is 324. The number of oxime groups is 1. The summed E-state index contributed by atoms with van der Waals surface area (Å²) in [6.45, 7) is 4.79. The molecule has 0 amide bonds. The van der Waals surface area contributed by atoms with E-state index >= 15 is 0 Å². The first-order valence-corrected chi connectivity index (χ1v) is 6.24. The average Bonchev–Trinajstić information content (AvgIpc) is 2.77. The Balaban J connectivity index is 2.27. The predicted molar refractivity (Wildman–Crippen MR) is 68.1 cm³/mol. The predicted octanol–water partition coefficient (Wildman–Crippen LogP) is 1.65. The van der Waals surface area contributed by atoms with Gasteiger partial charge in [-0.05, 0) is 24.8 Å². The second-order valence-corrected chi connectivity index (χ2v) is 5.05. The molecule has 0 spiro atoms. The molecule has 1 aromatic heterocycles. The van der Waals surface area contributed by atoms with E-state index in [1.807, 2.05) is 6.92 Å². The van der Waals surface area contributed by atoms with Crippen LogP contribution in [0, 0.1) is 5.92 Å². The summed E-state index contributed by atoms with van der Waals surface area (Å²) in [5, 5.41) is 17.0. The first-order valence-electron chi connectivity index (χ1n) is 5.36. The van der Waals surface area contributed by atoms with Crippen LogP contribution in [0.25, 0.3) is 0 Å². The summed E-state index contributed by atoms with van der Waals surface area (Å²) in [5.74, 6) is 0.326. The van der Waals surface area contributed by atoms with E-state index in [2.05, 4.69) is 34.9 Å². The Morgan fingerprint density at radius 1 is 1.62 bits per heavy atom. The lowest BCUT2D eigenvalue weighted by Gasteiger charge is -2.16. The van der Waals surface area contributed by atoms with Gasteiger partial charge < -0.3 is 16.3 Å². The highest BCUT2D eigenvalue weighted by Gasteiger charge is 2.10. The Hall–Kier alpha value is -1.07. The summed E-state index contributed by atoms with van der Waals surface area (Å²) in [7, 11) is 0. The molecule has 2 atom stereocenters. The van der Waals surface area contributed by atoms with Crippen molar-refractivity contribution in [3.8, 4) is 0 Å². The van der Waals surface area contributed by atoms with E-state index in [-0.39, 0.29) is 11.8 Å². The SMILES string of the molecule is CC(Cc1cccs1)NCC(C)C(N)=NO. The van der Waals surface area contributed by atoms with Crippen molar-refractivity contribution in [3.05, 3.63) is 22.4 Å². The fourth-order valence-corrected chi connectivity index (χ4v) is 2.22. The summed E-state index contributed by atoms with van der Waals surface area (Å²) in [6.07, 6.45) is 1.01. The van der Waals surface area contributed by atoms with Crippen LogP contribution in [0.1, 0.15) is 18.7 Å². The van der Waals surface area contributed by atoms with E-state index in [0.717, 1.165) is 13.0 Å². The molecule has 16 heavy (non-hydrogen) atoms. The lowest BCUT2D eigenvalue weighted by atomic mass is 10.1. The zero-order chi connectivity index (χ0) is 12.0. The monoisotopic (exact) mass is 241 g/mol. The molecule has 4 N–H and O–H groups in total. The molecule has 5 heteroatoms. The highest BCUT2D eigenvalue weighted by molar-refractivity contribution is 7.09. The van der Waals surface area contributed by atoms with E-state index in [1.54, 1.807) is 11.3 Å². The smallest absolute Gasteiger partial charge is 0.143 e. The van der Waals surface area contributed by atoms with Gasteiger partial charge in [-0.2, -0.15) is 0 Å². The molecular weight excluding hydrogens is 222 g/mol. The summed E-state index contributed by atoms with van der Waals surface area (Å²) in [4.78, 5) is 1.37. The van der Waals surface area contributed by atoms with E-state index in [1.165, 1.54) is 4.88 Å². The summed E-state index contributed by atoms with van der Waals surface area (Å²) < 4.78 is 0. The molecular formula is C11H19N3OS. The maximum Gasteiger partial charge on any atom is 0.143 e. The number of amidine groups is 1. The largest absolute Gasteiger partial charge is 0.409 e. The van der Waals surface area contributed by atoms with Crippen LogP contribution < -0.4 is 11.1 Å². The fraction of sp³-hybridized carbons (Fsp3) is 0.545. The molecule has 1 aromatic rings. The number of thiophene rings is 1. The number of nitrogens with zero attached hydrogens (tertiary/aromatic N) is 1. The molecule has 0 saturated heterocycles. The molecule has 0 fully saturated rings. The first-order chi connectivity index (χ1) is 7.63. The number of nitrogens with two attached hydrogens (primary N) is 1. The first kappa shape index (κ1) is 13.0. The molecule has 0 aromatic carbocycles. The molecule has 90 valence electrons. The van der Waals surface area contributed by atoms with Crippen LogP contribution in [0.5, 0.6) is 0 Å². The van der Waals surface area contributed by atoms with Crippen molar-refractivity contribution in [2.45, 2.75) is 26.3 Å². The zero-order valence-electron chi connectivity index (χ0n) is 9.68. The molecule has 0 saturated carbocycles. The van der Waals surface area contributed by atoms with Crippen molar-refractivity contribution < 1.29 is 5.21 Å². The van der Waals surface area contributed by atoms with Crippen molar-refractivity contribution in [2.75, 3.05) is 6.54 Å². The minimum Gasteiger partial charge on any atom is -0.409 e. The highest BCUT2D eigenvalue weighted by atomic mass is 32.1. The number of rotatable bonds is 6. The van der Waals surface area contributed by atoms with Crippen LogP contribution >= 0.6 is 11.3 Å². The summed E-state index contributed by atoms with van der Waals surface area (Å²) >= 11 is 1.77. The van der Waals surface area contributed by atoms with Gasteiger partial charge in [-0.25, -0.2) is 0 Å². The third-order valence-electron chi connectivity index (χ3n) is 2.48. The van der Waals surface area contributed by atoms with E-state index in [4.69, 9.17) is 10.9 Å². The molecule has 1 heterocycles. The molecule has 4 nitrogen and oxygen atoms in total. The standard InChI is InChI=1S/C11H19N3OS/c1-8(11(12)14-15)7-13-9(2)6-10-4-3-5-16-10/h3-5,8-9,13,15H,6-7H2,1-2H3,(H2,12,14). The van der Waals surface area contributed by atoms with Crippen molar-refractivity contribution in [3.63, 3.8) is 0 Å². The Morgan fingerprint density at radius 3 is 2.94 bits per heavy atom. The second kappa shape index (κ2) is 6.50. The quantitative estimate of drug-likeness (QED) is 0.307. The van der Waals surface area contributed by atoms with Crippen molar-refractivity contribution in [2.24, 2.45) is 16.8 Å². The normalized spacial score (nSPS) is 16.0. The minimum absolute atomic E-state index is 0.0517. The van der Waals surface area contributed by atoms with Crippen LogP contribution in [0.2, 0.25) is 0 Å². The average molecular weight is 241 g/mol. The van der Waals surface area contributed by atoms with Crippen LogP contribution in [0.3, 0.4) is 0 Å². The van der Waals surface area contributed by atoms with Gasteiger partial charge in [-0.1, -0.05) is 18.1 Å². The van der Waals surface area contributed by atoms with Gasteiger partial charge in [0.15, 0.2) is 0 Å². The van der Waals surface area contributed by atoms with Crippen LogP contribution in [0.15, 0.2) is 22.7 Å². The lowest BCUT2D eigenvalue weighted by molar-refractivity contribution is 0.313. The van der Waals surface area contributed by atoms with Gasteiger partial charge in [0.05, 0.1) is 0 Å². The van der Waals surface area contributed by atoms with Gasteiger partial charge in [-0.3, -0.25) is 0 Å². The van der Waals surface area contributed by atoms with Gasteiger partial charge in [0.25, 0.3) is 0 Å². The number of nitrogens with one attached hydrogen (secondary N) is 1. The van der Waals surface area contributed by atoms with Crippen LogP contribution in [-0.4, -0.2) is 23.6 Å². The maximum absolute atomic E-state index is 8.51. The van der Waals surface area contributed by atoms with Gasteiger partial charge in [0, 0.05) is 23.4 Å². The molecule has 0 bridgehead atoms. The van der Waals surface area contributed by atoms with Gasteiger partial charge in [0.2, 0.25) is 0 Å². The maximum atomic E-state index is 8.51. The molecule has 0 aliphatic carbocycles. The van der Waals surface area contributed by atoms with Crippen LogP contribution in [-0.2, 0) is 6.42 Å². The van der Waals surface area contributed by atoms with E-state index in [0.29, 0.717) is 6.04 Å². The number of hydrogen-bond acceptors (Lipinski definition) is 4. The van der Waals surface area contributed by atoms with Crippen molar-refractivity contribution in [1.82, 2.24) is 5.32 Å². The van der Waals surface area contributed by atoms with Crippen molar-refractivity contribution in [1.29, 1.82) is 0 Å². The molecule has 1 rings (SSSR count). The third-order valence-corrected chi connectivity index (χ3v) is 3.38. The van der Waals surface area contributed by atoms with Gasteiger partial charge in [-0.15, -0.1) is 11.3 Å². The Kier molecular flexibility index (Phi) is 5.28. The second-order valence-electron chi connectivity index (χ2n) is 4.02. The van der Waals surface area contributed by atoms with E-state index in [9.17, 15) is 0 Å².